The van der Waals surface area contributed by atoms with Gasteiger partial charge in [-0.05, 0) is 56.3 Å². The molecule has 0 saturated heterocycles. The zero-order valence-corrected chi connectivity index (χ0v) is 13.2. The fourth-order valence-electron chi connectivity index (χ4n) is 3.06. The Morgan fingerprint density at radius 2 is 2.10 bits per heavy atom. The van der Waals surface area contributed by atoms with Crippen molar-refractivity contribution >= 4 is 0 Å². The van der Waals surface area contributed by atoms with E-state index in [1.807, 2.05) is 6.07 Å². The largest absolute Gasteiger partial charge is 0.494 e. The first kappa shape index (κ1) is 16.2. The number of hydrogen-bond acceptors (Lipinski definition) is 3. The predicted octanol–water partition coefficient (Wildman–Crippen LogP) is 3.31. The Morgan fingerprint density at radius 3 is 2.57 bits per heavy atom. The normalized spacial score (nSPS) is 18.1. The second kappa shape index (κ2) is 7.23. The molecule has 0 radical (unpaired) electrons. The van der Waals surface area contributed by atoms with Gasteiger partial charge in [-0.15, -0.1) is 0 Å². The van der Waals surface area contributed by atoms with Gasteiger partial charge in [0.25, 0.3) is 0 Å². The molecule has 0 aliphatic heterocycles. The summed E-state index contributed by atoms with van der Waals surface area (Å²) >= 11 is 0. The molecule has 3 nitrogen and oxygen atoms in total. The van der Waals surface area contributed by atoms with Gasteiger partial charge in [0.2, 0.25) is 0 Å². The molecule has 1 saturated carbocycles. The van der Waals surface area contributed by atoms with Gasteiger partial charge in [0, 0.05) is 13.2 Å². The standard InChI is InChI=1S/C17H26FNO2/c1-4-10-19-16(17(21-3)8-5-9-17)12-13-6-7-15(20-2)14(18)11-13/h6-7,11,16,19H,4-5,8-10,12H2,1-3H3. The second-order valence-electron chi connectivity index (χ2n) is 5.80. The molecule has 1 fully saturated rings. The van der Waals surface area contributed by atoms with Crippen LogP contribution in [0.5, 0.6) is 5.75 Å². The predicted molar refractivity (Wildman–Crippen MR) is 82.3 cm³/mol. The van der Waals surface area contributed by atoms with Crippen molar-refractivity contribution in [3.05, 3.63) is 29.6 Å². The Morgan fingerprint density at radius 1 is 1.33 bits per heavy atom. The topological polar surface area (TPSA) is 30.5 Å². The third kappa shape index (κ3) is 3.55. The van der Waals surface area contributed by atoms with Crippen LogP contribution in [0.2, 0.25) is 0 Å². The Kier molecular flexibility index (Phi) is 5.59. The van der Waals surface area contributed by atoms with Crippen LogP contribution < -0.4 is 10.1 Å². The summed E-state index contributed by atoms with van der Waals surface area (Å²) in [4.78, 5) is 0. The molecule has 0 heterocycles. The smallest absolute Gasteiger partial charge is 0.165 e. The number of benzene rings is 1. The summed E-state index contributed by atoms with van der Waals surface area (Å²) in [5.74, 6) is -0.00812. The van der Waals surface area contributed by atoms with Gasteiger partial charge in [0.05, 0.1) is 12.7 Å². The molecule has 1 aromatic carbocycles. The number of methoxy groups -OCH3 is 2. The highest BCUT2D eigenvalue weighted by molar-refractivity contribution is 5.30. The van der Waals surface area contributed by atoms with Gasteiger partial charge < -0.3 is 14.8 Å². The van der Waals surface area contributed by atoms with Crippen molar-refractivity contribution in [1.29, 1.82) is 0 Å². The molecule has 4 heteroatoms. The Hall–Kier alpha value is -1.13. The fraction of sp³-hybridized carbons (Fsp3) is 0.647. The Bertz CT molecular complexity index is 455. The van der Waals surface area contributed by atoms with E-state index in [9.17, 15) is 4.39 Å². The van der Waals surface area contributed by atoms with E-state index in [4.69, 9.17) is 9.47 Å². The number of ether oxygens (including phenoxy) is 2. The number of hydrogen-bond donors (Lipinski definition) is 1. The monoisotopic (exact) mass is 295 g/mol. The molecule has 1 aromatic rings. The zero-order valence-electron chi connectivity index (χ0n) is 13.2. The van der Waals surface area contributed by atoms with Gasteiger partial charge in [-0.3, -0.25) is 0 Å². The van der Waals surface area contributed by atoms with E-state index >= 15 is 0 Å². The van der Waals surface area contributed by atoms with Crippen LogP contribution in [-0.2, 0) is 11.2 Å². The summed E-state index contributed by atoms with van der Waals surface area (Å²) in [5.41, 5.74) is 0.885. The fourth-order valence-corrected chi connectivity index (χ4v) is 3.06. The van der Waals surface area contributed by atoms with Gasteiger partial charge >= 0.3 is 0 Å². The van der Waals surface area contributed by atoms with E-state index < -0.39 is 0 Å². The van der Waals surface area contributed by atoms with Crippen LogP contribution in [0.3, 0.4) is 0 Å². The lowest BCUT2D eigenvalue weighted by molar-refractivity contribution is -0.0980. The first-order valence-electron chi connectivity index (χ1n) is 7.76. The zero-order chi connectivity index (χ0) is 15.3. The third-order valence-corrected chi connectivity index (χ3v) is 4.54. The Labute approximate surface area is 126 Å². The quantitative estimate of drug-likeness (QED) is 0.798. The molecule has 1 aliphatic carbocycles. The van der Waals surface area contributed by atoms with Crippen molar-refractivity contribution in [2.75, 3.05) is 20.8 Å². The molecule has 0 spiro atoms. The van der Waals surface area contributed by atoms with E-state index in [0.29, 0.717) is 5.75 Å². The molecule has 118 valence electrons. The van der Waals surface area contributed by atoms with Crippen LogP contribution in [0.25, 0.3) is 0 Å². The Balaban J connectivity index is 2.12. The summed E-state index contributed by atoms with van der Waals surface area (Å²) in [5, 5.41) is 3.58. The van der Waals surface area contributed by atoms with Gasteiger partial charge in [-0.25, -0.2) is 4.39 Å². The van der Waals surface area contributed by atoms with Crippen molar-refractivity contribution in [3.8, 4) is 5.75 Å². The summed E-state index contributed by atoms with van der Waals surface area (Å²) in [6.07, 6.45) is 5.20. The highest BCUT2D eigenvalue weighted by Gasteiger charge is 2.44. The molecular weight excluding hydrogens is 269 g/mol. The highest BCUT2D eigenvalue weighted by Crippen LogP contribution is 2.39. The van der Waals surface area contributed by atoms with E-state index in [-0.39, 0.29) is 17.5 Å². The van der Waals surface area contributed by atoms with Crippen molar-refractivity contribution in [3.63, 3.8) is 0 Å². The van der Waals surface area contributed by atoms with Crippen LogP contribution in [0.1, 0.15) is 38.2 Å². The first-order chi connectivity index (χ1) is 10.1. The molecule has 0 bridgehead atoms. The van der Waals surface area contributed by atoms with Crippen molar-refractivity contribution < 1.29 is 13.9 Å². The molecule has 0 aromatic heterocycles. The molecule has 1 unspecified atom stereocenters. The van der Waals surface area contributed by atoms with Gasteiger partial charge in [-0.1, -0.05) is 13.0 Å². The average molecular weight is 295 g/mol. The highest BCUT2D eigenvalue weighted by atomic mass is 19.1. The average Bonchev–Trinajstić information content (AvgIpc) is 2.44. The van der Waals surface area contributed by atoms with Crippen molar-refractivity contribution in [1.82, 2.24) is 5.32 Å². The molecule has 1 N–H and O–H groups in total. The molecule has 1 atom stereocenters. The molecule has 2 rings (SSSR count). The van der Waals surface area contributed by atoms with Crippen LogP contribution >= 0.6 is 0 Å². The van der Waals surface area contributed by atoms with E-state index in [0.717, 1.165) is 37.8 Å². The van der Waals surface area contributed by atoms with Crippen molar-refractivity contribution in [2.45, 2.75) is 50.7 Å². The number of nitrogens with one attached hydrogen (secondary N) is 1. The van der Waals surface area contributed by atoms with Crippen LogP contribution in [0.15, 0.2) is 18.2 Å². The maximum absolute atomic E-state index is 13.9. The van der Waals surface area contributed by atoms with Gasteiger partial charge in [0.1, 0.15) is 0 Å². The van der Waals surface area contributed by atoms with Crippen LogP contribution in [0.4, 0.5) is 4.39 Å². The van der Waals surface area contributed by atoms with Crippen LogP contribution in [0, 0.1) is 5.82 Å². The molecule has 0 amide bonds. The molecular formula is C17H26FNO2. The summed E-state index contributed by atoms with van der Waals surface area (Å²) in [7, 11) is 3.27. The second-order valence-corrected chi connectivity index (χ2v) is 5.80. The van der Waals surface area contributed by atoms with Gasteiger partial charge in [-0.2, -0.15) is 0 Å². The van der Waals surface area contributed by atoms with Crippen molar-refractivity contribution in [2.24, 2.45) is 0 Å². The van der Waals surface area contributed by atoms with Crippen LogP contribution in [-0.4, -0.2) is 32.4 Å². The summed E-state index contributed by atoms with van der Waals surface area (Å²) < 4.78 is 24.6. The summed E-state index contributed by atoms with van der Waals surface area (Å²) in [6.45, 7) is 3.10. The molecule has 1 aliphatic rings. The lowest BCUT2D eigenvalue weighted by Gasteiger charge is -2.47. The van der Waals surface area contributed by atoms with E-state index in [1.54, 1.807) is 19.2 Å². The first-order valence-corrected chi connectivity index (χ1v) is 7.76. The maximum Gasteiger partial charge on any atom is 0.165 e. The molecule has 21 heavy (non-hydrogen) atoms. The minimum absolute atomic E-state index is 0.0917. The number of halogens is 1. The number of rotatable bonds is 8. The third-order valence-electron chi connectivity index (χ3n) is 4.54. The van der Waals surface area contributed by atoms with E-state index in [1.165, 1.54) is 13.5 Å². The maximum atomic E-state index is 13.9. The lowest BCUT2D eigenvalue weighted by Crippen LogP contribution is -2.57. The summed E-state index contributed by atoms with van der Waals surface area (Å²) in [6, 6.07) is 5.43. The van der Waals surface area contributed by atoms with Gasteiger partial charge in [0.15, 0.2) is 11.6 Å². The SMILES string of the molecule is CCCNC(Cc1ccc(OC)c(F)c1)C1(OC)CCC1. The van der Waals surface area contributed by atoms with E-state index in [2.05, 4.69) is 12.2 Å². The minimum atomic E-state index is -0.302. The minimum Gasteiger partial charge on any atom is -0.494 e. The lowest BCUT2D eigenvalue weighted by atomic mass is 9.72.